The Morgan fingerprint density at radius 2 is 1.88 bits per heavy atom. The van der Waals surface area contributed by atoms with Crippen molar-refractivity contribution in [2.75, 3.05) is 42.9 Å². The van der Waals surface area contributed by atoms with Crippen LogP contribution in [0.4, 0.5) is 11.8 Å². The summed E-state index contributed by atoms with van der Waals surface area (Å²) >= 11 is 0. The second-order valence-corrected chi connectivity index (χ2v) is 7.71. The van der Waals surface area contributed by atoms with Gasteiger partial charge in [-0.1, -0.05) is 39.5 Å². The fourth-order valence-electron chi connectivity index (χ4n) is 4.11. The Balaban J connectivity index is 1.54. The van der Waals surface area contributed by atoms with Crippen LogP contribution in [-0.2, 0) is 0 Å². The third-order valence-corrected chi connectivity index (χ3v) is 5.85. The number of anilines is 2. The van der Waals surface area contributed by atoms with E-state index in [9.17, 15) is 0 Å². The molecule has 5 heteroatoms. The van der Waals surface area contributed by atoms with Crippen molar-refractivity contribution in [3.05, 3.63) is 12.3 Å². The molecule has 140 valence electrons. The van der Waals surface area contributed by atoms with E-state index in [1.165, 1.54) is 58.0 Å². The molecule has 0 spiro atoms. The molecule has 0 unspecified atom stereocenters. The molecule has 3 rings (SSSR count). The summed E-state index contributed by atoms with van der Waals surface area (Å²) in [7, 11) is 0. The highest BCUT2D eigenvalue weighted by atomic mass is 15.3. The zero-order valence-corrected chi connectivity index (χ0v) is 16.1. The molecule has 3 heterocycles. The molecule has 0 aliphatic carbocycles. The van der Waals surface area contributed by atoms with Gasteiger partial charge in [0.15, 0.2) is 0 Å². The minimum atomic E-state index is 0.480. The highest BCUT2D eigenvalue weighted by molar-refractivity contribution is 5.43. The van der Waals surface area contributed by atoms with Crippen molar-refractivity contribution in [2.45, 2.75) is 64.8 Å². The van der Waals surface area contributed by atoms with E-state index in [0.717, 1.165) is 37.3 Å². The summed E-state index contributed by atoms with van der Waals surface area (Å²) in [5.41, 5.74) is 0. The summed E-state index contributed by atoms with van der Waals surface area (Å²) in [5.74, 6) is 2.73. The molecule has 1 atom stereocenters. The van der Waals surface area contributed by atoms with Gasteiger partial charge in [-0.3, -0.25) is 0 Å². The minimum absolute atomic E-state index is 0.480. The Morgan fingerprint density at radius 1 is 1.12 bits per heavy atom. The summed E-state index contributed by atoms with van der Waals surface area (Å²) in [4.78, 5) is 14.3. The molecular formula is C20H35N5. The molecule has 1 aromatic heterocycles. The van der Waals surface area contributed by atoms with Gasteiger partial charge in [-0.25, -0.2) is 4.98 Å². The molecule has 0 amide bonds. The summed E-state index contributed by atoms with van der Waals surface area (Å²) in [6.07, 6.45) is 10.9. The van der Waals surface area contributed by atoms with Crippen LogP contribution in [0.5, 0.6) is 0 Å². The van der Waals surface area contributed by atoms with Gasteiger partial charge in [0.05, 0.1) is 0 Å². The van der Waals surface area contributed by atoms with E-state index >= 15 is 0 Å². The molecule has 0 radical (unpaired) electrons. The van der Waals surface area contributed by atoms with Crippen LogP contribution in [0.3, 0.4) is 0 Å². The van der Waals surface area contributed by atoms with Crippen molar-refractivity contribution >= 4 is 11.8 Å². The lowest BCUT2D eigenvalue weighted by molar-refractivity contribution is 0.267. The topological polar surface area (TPSA) is 44.3 Å². The molecule has 2 aliphatic rings. The molecule has 25 heavy (non-hydrogen) atoms. The normalized spacial score (nSPS) is 22.4. The van der Waals surface area contributed by atoms with Gasteiger partial charge in [-0.05, 0) is 31.2 Å². The van der Waals surface area contributed by atoms with Crippen LogP contribution in [0.15, 0.2) is 12.3 Å². The van der Waals surface area contributed by atoms with Gasteiger partial charge in [-0.15, -0.1) is 0 Å². The third-order valence-electron chi connectivity index (χ3n) is 5.85. The van der Waals surface area contributed by atoms with E-state index < -0.39 is 0 Å². The predicted octanol–water partition coefficient (Wildman–Crippen LogP) is 3.78. The average Bonchev–Trinajstić information content (AvgIpc) is 2.90. The molecule has 2 saturated heterocycles. The molecular weight excluding hydrogens is 310 g/mol. The number of nitrogens with zero attached hydrogens (tertiary/aromatic N) is 4. The van der Waals surface area contributed by atoms with Crippen LogP contribution in [0.2, 0.25) is 0 Å². The number of hydrogen-bond donors (Lipinski definition) is 1. The predicted molar refractivity (Wildman–Crippen MR) is 105 cm³/mol. The van der Waals surface area contributed by atoms with E-state index in [0.29, 0.717) is 6.04 Å². The van der Waals surface area contributed by atoms with Crippen molar-refractivity contribution in [3.8, 4) is 0 Å². The van der Waals surface area contributed by atoms with Gasteiger partial charge in [0.1, 0.15) is 5.82 Å². The SMILES string of the molecule is CCC(CC)CN1CC[C@@H](Nc2nccc(N3CCCCCC3)n2)C1. The van der Waals surface area contributed by atoms with Crippen molar-refractivity contribution in [1.82, 2.24) is 14.9 Å². The monoisotopic (exact) mass is 345 g/mol. The lowest BCUT2D eigenvalue weighted by atomic mass is 10.0. The van der Waals surface area contributed by atoms with Crippen molar-refractivity contribution < 1.29 is 0 Å². The van der Waals surface area contributed by atoms with E-state index in [-0.39, 0.29) is 0 Å². The van der Waals surface area contributed by atoms with Gasteiger partial charge in [0.2, 0.25) is 5.95 Å². The van der Waals surface area contributed by atoms with Crippen LogP contribution < -0.4 is 10.2 Å². The van der Waals surface area contributed by atoms with E-state index in [1.807, 2.05) is 6.20 Å². The smallest absolute Gasteiger partial charge is 0.224 e. The van der Waals surface area contributed by atoms with Gasteiger partial charge < -0.3 is 15.1 Å². The van der Waals surface area contributed by atoms with Gasteiger partial charge in [-0.2, -0.15) is 4.98 Å². The maximum atomic E-state index is 4.81. The minimum Gasteiger partial charge on any atom is -0.356 e. The largest absolute Gasteiger partial charge is 0.356 e. The third kappa shape index (κ3) is 5.30. The molecule has 5 nitrogen and oxygen atoms in total. The first-order valence-corrected chi connectivity index (χ1v) is 10.3. The quantitative estimate of drug-likeness (QED) is 0.815. The van der Waals surface area contributed by atoms with Gasteiger partial charge >= 0.3 is 0 Å². The average molecular weight is 346 g/mol. The Kier molecular flexibility index (Phi) is 6.91. The maximum Gasteiger partial charge on any atom is 0.224 e. The lowest BCUT2D eigenvalue weighted by Crippen LogP contribution is -2.31. The first-order chi connectivity index (χ1) is 12.3. The molecule has 2 aliphatic heterocycles. The van der Waals surface area contributed by atoms with Crippen molar-refractivity contribution in [2.24, 2.45) is 5.92 Å². The molecule has 2 fully saturated rings. The molecule has 1 N–H and O–H groups in total. The zero-order valence-electron chi connectivity index (χ0n) is 16.1. The summed E-state index contributed by atoms with van der Waals surface area (Å²) in [6.45, 7) is 10.4. The number of rotatable bonds is 7. The van der Waals surface area contributed by atoms with Crippen LogP contribution in [0.25, 0.3) is 0 Å². The fraction of sp³-hybridized carbons (Fsp3) is 0.800. The van der Waals surface area contributed by atoms with Gasteiger partial charge in [0.25, 0.3) is 0 Å². The first-order valence-electron chi connectivity index (χ1n) is 10.3. The Labute approximate surface area is 153 Å². The highest BCUT2D eigenvalue weighted by Crippen LogP contribution is 2.20. The van der Waals surface area contributed by atoms with E-state index in [1.54, 1.807) is 0 Å². The van der Waals surface area contributed by atoms with Crippen LogP contribution in [-0.4, -0.2) is 53.6 Å². The molecule has 1 aromatic rings. The van der Waals surface area contributed by atoms with E-state index in [4.69, 9.17) is 4.98 Å². The highest BCUT2D eigenvalue weighted by Gasteiger charge is 2.24. The number of aromatic nitrogens is 2. The van der Waals surface area contributed by atoms with Crippen molar-refractivity contribution in [3.63, 3.8) is 0 Å². The Bertz CT molecular complexity index is 509. The molecule has 0 bridgehead atoms. The Hall–Kier alpha value is -1.36. The Morgan fingerprint density at radius 3 is 2.60 bits per heavy atom. The summed E-state index contributed by atoms with van der Waals surface area (Å²) in [6, 6.07) is 2.54. The zero-order chi connectivity index (χ0) is 17.5. The van der Waals surface area contributed by atoms with Crippen LogP contribution >= 0.6 is 0 Å². The van der Waals surface area contributed by atoms with Gasteiger partial charge in [0, 0.05) is 45.0 Å². The molecule has 0 aromatic carbocycles. The number of likely N-dealkylation sites (tertiary alicyclic amines) is 1. The van der Waals surface area contributed by atoms with E-state index in [2.05, 4.69) is 40.0 Å². The first kappa shape index (κ1) is 18.4. The summed E-state index contributed by atoms with van der Waals surface area (Å²) in [5, 5.41) is 3.58. The second kappa shape index (κ2) is 9.37. The second-order valence-electron chi connectivity index (χ2n) is 7.71. The maximum absolute atomic E-state index is 4.81. The van der Waals surface area contributed by atoms with Crippen molar-refractivity contribution in [1.29, 1.82) is 0 Å². The number of nitrogens with one attached hydrogen (secondary N) is 1. The number of hydrogen-bond acceptors (Lipinski definition) is 5. The lowest BCUT2D eigenvalue weighted by Gasteiger charge is -2.23. The standard InChI is InChI=1S/C20H35N5/c1-3-17(4-2)15-24-14-10-18(16-24)22-20-21-11-9-19(23-20)25-12-7-5-6-8-13-25/h9,11,17-18H,3-8,10,12-16H2,1-2H3,(H,21,22,23)/t18-/m1/s1. The van der Waals surface area contributed by atoms with Crippen LogP contribution in [0.1, 0.15) is 58.8 Å². The summed E-state index contributed by atoms with van der Waals surface area (Å²) < 4.78 is 0. The fourth-order valence-corrected chi connectivity index (χ4v) is 4.11. The molecule has 0 saturated carbocycles. The van der Waals surface area contributed by atoms with Crippen LogP contribution in [0, 0.1) is 5.92 Å².